The van der Waals surface area contributed by atoms with Gasteiger partial charge in [0.15, 0.2) is 5.65 Å². The van der Waals surface area contributed by atoms with Gasteiger partial charge in [0.05, 0.1) is 36.0 Å². The maximum absolute atomic E-state index is 13.7. The first kappa shape index (κ1) is 28.6. The summed E-state index contributed by atoms with van der Waals surface area (Å²) >= 11 is 0. The SMILES string of the molecule is Cc1cn(-c2cc(NC(=O)c3ccc(C)c(C#Cc4cnc5c(NC6=CN(C)NC6)cccn45)c3)cc(C(F)(F)F)c2)cn1. The number of hydrogen-bond acceptors (Lipinski definition) is 6. The van der Waals surface area contributed by atoms with Crippen LogP contribution in [-0.2, 0) is 6.18 Å². The molecular formula is C32H27F3N8O. The van der Waals surface area contributed by atoms with Gasteiger partial charge in [-0.2, -0.15) is 13.2 Å². The van der Waals surface area contributed by atoms with Crippen LogP contribution in [0.1, 0.15) is 38.4 Å². The van der Waals surface area contributed by atoms with E-state index in [0.717, 1.165) is 29.1 Å². The number of pyridine rings is 1. The molecule has 0 radical (unpaired) electrons. The van der Waals surface area contributed by atoms with Gasteiger partial charge in [-0.25, -0.2) is 15.4 Å². The molecule has 6 rings (SSSR count). The summed E-state index contributed by atoms with van der Waals surface area (Å²) in [5.74, 6) is 5.71. The van der Waals surface area contributed by atoms with Crippen molar-refractivity contribution in [2.75, 3.05) is 24.2 Å². The number of benzene rings is 2. The molecule has 2 aromatic carbocycles. The van der Waals surface area contributed by atoms with Crippen molar-refractivity contribution in [3.8, 4) is 17.5 Å². The minimum absolute atomic E-state index is 0.00493. The lowest BCUT2D eigenvalue weighted by molar-refractivity contribution is -0.137. The Labute approximate surface area is 251 Å². The Balaban J connectivity index is 1.26. The molecule has 0 atom stereocenters. The third-order valence-corrected chi connectivity index (χ3v) is 7.04. The Morgan fingerprint density at radius 2 is 1.91 bits per heavy atom. The van der Waals surface area contributed by atoms with Crippen LogP contribution in [0.2, 0.25) is 0 Å². The first-order valence-corrected chi connectivity index (χ1v) is 13.6. The summed E-state index contributed by atoms with van der Waals surface area (Å²) in [7, 11) is 1.92. The fourth-order valence-corrected chi connectivity index (χ4v) is 4.78. The van der Waals surface area contributed by atoms with Crippen LogP contribution in [0.5, 0.6) is 0 Å². The number of rotatable bonds is 5. The molecule has 4 heterocycles. The molecule has 1 aliphatic heterocycles. The van der Waals surface area contributed by atoms with Gasteiger partial charge in [0.2, 0.25) is 0 Å². The summed E-state index contributed by atoms with van der Waals surface area (Å²) in [6, 6.07) is 12.2. The lowest BCUT2D eigenvalue weighted by Gasteiger charge is -2.14. The topological polar surface area (TPSA) is 91.5 Å². The number of aromatic nitrogens is 4. The van der Waals surface area contributed by atoms with Crippen molar-refractivity contribution in [3.63, 3.8) is 0 Å². The van der Waals surface area contributed by atoms with E-state index in [1.807, 2.05) is 47.9 Å². The highest BCUT2D eigenvalue weighted by molar-refractivity contribution is 6.04. The minimum Gasteiger partial charge on any atom is -0.354 e. The maximum atomic E-state index is 13.7. The molecule has 0 saturated carbocycles. The molecule has 0 unspecified atom stereocenters. The number of carbonyl (C=O) groups excluding carboxylic acids is 1. The second-order valence-corrected chi connectivity index (χ2v) is 10.4. The Morgan fingerprint density at radius 1 is 1.07 bits per heavy atom. The second kappa shape index (κ2) is 11.3. The molecule has 3 aromatic heterocycles. The quantitative estimate of drug-likeness (QED) is 0.232. The first-order chi connectivity index (χ1) is 21.0. The number of anilines is 2. The van der Waals surface area contributed by atoms with Crippen LogP contribution in [0.4, 0.5) is 24.5 Å². The standard InChI is InChI=1S/C32H27F3N8O/c1-20-6-7-23(31(44)40-25-12-24(32(33,34)35)13-28(14-25)42-17-21(2)37-19-42)11-22(20)8-9-27-16-36-30-29(5-4-10-43(27)30)39-26-15-38-41(3)18-26/h4-7,10-14,16-19,38-39H,15H2,1-3H3,(H,40,44). The highest BCUT2D eigenvalue weighted by atomic mass is 19.4. The molecule has 222 valence electrons. The van der Waals surface area contributed by atoms with Crippen LogP contribution in [-0.4, -0.2) is 43.4 Å². The van der Waals surface area contributed by atoms with Gasteiger partial charge in [-0.1, -0.05) is 12.0 Å². The van der Waals surface area contributed by atoms with E-state index >= 15 is 0 Å². The van der Waals surface area contributed by atoms with Crippen LogP contribution in [0, 0.1) is 25.7 Å². The molecule has 0 saturated heterocycles. The van der Waals surface area contributed by atoms with E-state index in [1.54, 1.807) is 37.5 Å². The minimum atomic E-state index is -4.60. The van der Waals surface area contributed by atoms with E-state index in [9.17, 15) is 18.0 Å². The van der Waals surface area contributed by atoms with Crippen LogP contribution in [0.25, 0.3) is 11.3 Å². The third-order valence-electron chi connectivity index (χ3n) is 7.04. The summed E-state index contributed by atoms with van der Waals surface area (Å²) in [5.41, 5.74) is 8.07. The molecule has 1 aliphatic rings. The van der Waals surface area contributed by atoms with Crippen molar-refractivity contribution >= 4 is 22.9 Å². The van der Waals surface area contributed by atoms with Gasteiger partial charge >= 0.3 is 6.18 Å². The normalized spacial score (nSPS) is 13.0. The van der Waals surface area contributed by atoms with Crippen molar-refractivity contribution < 1.29 is 18.0 Å². The van der Waals surface area contributed by atoms with Gasteiger partial charge in [0.1, 0.15) is 5.69 Å². The fourth-order valence-electron chi connectivity index (χ4n) is 4.78. The number of aryl methyl sites for hydroxylation is 2. The fraction of sp³-hybridized carbons (Fsp3) is 0.156. The average Bonchev–Trinajstić information content (AvgIpc) is 3.72. The number of nitrogens with one attached hydrogen (secondary N) is 3. The van der Waals surface area contributed by atoms with E-state index in [0.29, 0.717) is 29.1 Å². The molecule has 0 spiro atoms. The zero-order valence-corrected chi connectivity index (χ0v) is 24.0. The molecule has 9 nitrogen and oxygen atoms in total. The number of alkyl halides is 3. The van der Waals surface area contributed by atoms with Gasteiger partial charge in [-0.05, 0) is 67.8 Å². The number of carbonyl (C=O) groups is 1. The molecular weight excluding hydrogens is 569 g/mol. The van der Waals surface area contributed by atoms with Gasteiger partial charge in [-0.3, -0.25) is 9.20 Å². The predicted molar refractivity (Wildman–Crippen MR) is 161 cm³/mol. The lowest BCUT2D eigenvalue weighted by Crippen LogP contribution is -2.24. The monoisotopic (exact) mass is 596 g/mol. The van der Waals surface area contributed by atoms with Crippen molar-refractivity contribution in [1.29, 1.82) is 0 Å². The van der Waals surface area contributed by atoms with E-state index in [1.165, 1.54) is 17.0 Å². The summed E-state index contributed by atoms with van der Waals surface area (Å²) in [4.78, 5) is 21.8. The number of hydrazine groups is 1. The highest BCUT2D eigenvalue weighted by Crippen LogP contribution is 2.33. The maximum Gasteiger partial charge on any atom is 0.416 e. The molecule has 1 amide bonds. The van der Waals surface area contributed by atoms with E-state index < -0.39 is 17.6 Å². The number of imidazole rings is 2. The first-order valence-electron chi connectivity index (χ1n) is 13.6. The Morgan fingerprint density at radius 3 is 2.64 bits per heavy atom. The van der Waals surface area contributed by atoms with Gasteiger partial charge in [-0.15, -0.1) is 0 Å². The van der Waals surface area contributed by atoms with Crippen molar-refractivity contribution in [3.05, 3.63) is 119 Å². The summed E-state index contributed by atoms with van der Waals surface area (Å²) in [5, 5.41) is 7.88. The zero-order valence-electron chi connectivity index (χ0n) is 24.0. The van der Waals surface area contributed by atoms with E-state index in [-0.39, 0.29) is 16.9 Å². The van der Waals surface area contributed by atoms with Crippen LogP contribution >= 0.6 is 0 Å². The number of nitrogens with zero attached hydrogens (tertiary/aromatic N) is 5. The van der Waals surface area contributed by atoms with Crippen LogP contribution in [0.3, 0.4) is 0 Å². The summed E-state index contributed by atoms with van der Waals surface area (Å²) in [6.07, 6.45) is 3.94. The summed E-state index contributed by atoms with van der Waals surface area (Å²) < 4.78 is 44.4. The average molecular weight is 597 g/mol. The van der Waals surface area contributed by atoms with E-state index in [4.69, 9.17) is 0 Å². The second-order valence-electron chi connectivity index (χ2n) is 10.4. The highest BCUT2D eigenvalue weighted by Gasteiger charge is 2.31. The molecule has 44 heavy (non-hydrogen) atoms. The number of fused-ring (bicyclic) bond motifs is 1. The zero-order chi connectivity index (χ0) is 31.0. The van der Waals surface area contributed by atoms with Crippen molar-refractivity contribution in [2.45, 2.75) is 20.0 Å². The molecule has 0 fully saturated rings. The third kappa shape index (κ3) is 5.99. The number of hydrogen-bond donors (Lipinski definition) is 3. The molecule has 12 heteroatoms. The largest absolute Gasteiger partial charge is 0.416 e. The van der Waals surface area contributed by atoms with Gasteiger partial charge in [0, 0.05) is 53.8 Å². The van der Waals surface area contributed by atoms with E-state index in [2.05, 4.69) is 37.9 Å². The van der Waals surface area contributed by atoms with Crippen molar-refractivity contribution in [2.24, 2.45) is 0 Å². The summed E-state index contributed by atoms with van der Waals surface area (Å²) in [6.45, 7) is 4.28. The smallest absolute Gasteiger partial charge is 0.354 e. The Hall–Kier alpha value is -5.54. The number of halogens is 3. The van der Waals surface area contributed by atoms with Gasteiger partial charge < -0.3 is 20.2 Å². The number of amides is 1. The van der Waals surface area contributed by atoms with Crippen LogP contribution < -0.4 is 16.1 Å². The molecule has 5 aromatic rings. The van der Waals surface area contributed by atoms with Crippen molar-refractivity contribution in [1.82, 2.24) is 29.4 Å². The predicted octanol–water partition coefficient (Wildman–Crippen LogP) is 5.51. The Kier molecular flexibility index (Phi) is 7.32. The lowest BCUT2D eigenvalue weighted by atomic mass is 10.0. The van der Waals surface area contributed by atoms with Gasteiger partial charge in [0.25, 0.3) is 5.91 Å². The molecule has 0 aliphatic carbocycles. The molecule has 0 bridgehead atoms. The van der Waals surface area contributed by atoms with Crippen LogP contribution in [0.15, 0.2) is 85.3 Å². The Bertz CT molecular complexity index is 1990. The molecule has 3 N–H and O–H groups in total.